The Hall–Kier alpha value is -1.77. The van der Waals surface area contributed by atoms with Crippen LogP contribution in [0.15, 0.2) is 23.0 Å². The highest BCUT2D eigenvalue weighted by Gasteiger charge is 2.14. The molecule has 0 fully saturated rings. The number of nitro benzene ring substituents is 1. The van der Waals surface area contributed by atoms with Crippen molar-refractivity contribution in [3.05, 3.63) is 53.5 Å². The summed E-state index contributed by atoms with van der Waals surface area (Å²) in [5, 5.41) is 10.9. The van der Waals surface area contributed by atoms with Crippen LogP contribution >= 0.6 is 22.6 Å². The zero-order valence-electron chi connectivity index (χ0n) is 11.6. The van der Waals surface area contributed by atoms with Crippen LogP contribution in [0.2, 0.25) is 0 Å². The number of nitro groups is 1. The number of aromatic nitrogens is 2. The minimum absolute atomic E-state index is 0.0196. The summed E-state index contributed by atoms with van der Waals surface area (Å²) in [7, 11) is 0. The van der Waals surface area contributed by atoms with E-state index < -0.39 is 4.92 Å². The predicted octanol–water partition coefficient (Wildman–Crippen LogP) is 3.21. The minimum Gasteiger partial charge on any atom is -0.306 e. The van der Waals surface area contributed by atoms with Crippen molar-refractivity contribution in [2.45, 2.75) is 26.7 Å². The predicted molar refractivity (Wildman–Crippen MR) is 88.4 cm³/mol. The molecule has 1 heterocycles. The summed E-state index contributed by atoms with van der Waals surface area (Å²) in [6, 6.07) is 4.54. The second-order valence-electron chi connectivity index (χ2n) is 4.68. The van der Waals surface area contributed by atoms with Gasteiger partial charge in [-0.05, 0) is 41.5 Å². The number of aryl methyl sites for hydroxylation is 2. The van der Waals surface area contributed by atoms with Crippen molar-refractivity contribution in [1.82, 2.24) is 9.97 Å². The van der Waals surface area contributed by atoms with E-state index in [1.165, 1.54) is 12.1 Å². The van der Waals surface area contributed by atoms with E-state index in [9.17, 15) is 14.9 Å². The standard InChI is InChI=1S/C14H14IN3O3/c1-3-4-11-12(15)14(19)17-13(16-11)10-7-9(18(20)21)6-5-8(10)2/h5-7H,3-4H2,1-2H3,(H,16,17,19). The summed E-state index contributed by atoms with van der Waals surface area (Å²) in [6.07, 6.45) is 1.57. The van der Waals surface area contributed by atoms with Gasteiger partial charge in [-0.25, -0.2) is 4.98 Å². The monoisotopic (exact) mass is 399 g/mol. The molecule has 0 unspecified atom stereocenters. The van der Waals surface area contributed by atoms with Crippen LogP contribution in [-0.4, -0.2) is 14.9 Å². The van der Waals surface area contributed by atoms with Gasteiger partial charge >= 0.3 is 0 Å². The second kappa shape index (κ2) is 6.33. The van der Waals surface area contributed by atoms with Crippen LogP contribution in [-0.2, 0) is 6.42 Å². The Labute approximate surface area is 134 Å². The third-order valence-corrected chi connectivity index (χ3v) is 4.22. The molecule has 2 aromatic rings. The quantitative estimate of drug-likeness (QED) is 0.486. The normalized spacial score (nSPS) is 10.6. The zero-order chi connectivity index (χ0) is 15.6. The maximum absolute atomic E-state index is 12.0. The molecule has 0 saturated heterocycles. The van der Waals surface area contributed by atoms with E-state index in [-0.39, 0.29) is 11.2 Å². The van der Waals surface area contributed by atoms with Gasteiger partial charge in [-0.1, -0.05) is 19.4 Å². The van der Waals surface area contributed by atoms with Crippen LogP contribution in [0.4, 0.5) is 5.69 Å². The van der Waals surface area contributed by atoms with Crippen molar-refractivity contribution in [3.63, 3.8) is 0 Å². The molecule has 1 aromatic heterocycles. The first-order valence-electron chi connectivity index (χ1n) is 6.48. The van der Waals surface area contributed by atoms with Gasteiger partial charge < -0.3 is 4.98 Å². The van der Waals surface area contributed by atoms with E-state index >= 15 is 0 Å². The van der Waals surface area contributed by atoms with Crippen LogP contribution < -0.4 is 5.56 Å². The van der Waals surface area contributed by atoms with Gasteiger partial charge in [0, 0.05) is 17.7 Å². The molecule has 21 heavy (non-hydrogen) atoms. The zero-order valence-corrected chi connectivity index (χ0v) is 13.8. The van der Waals surface area contributed by atoms with Gasteiger partial charge in [0.1, 0.15) is 5.82 Å². The molecule has 0 aliphatic rings. The topological polar surface area (TPSA) is 88.9 Å². The number of aromatic amines is 1. The second-order valence-corrected chi connectivity index (χ2v) is 5.76. The van der Waals surface area contributed by atoms with E-state index in [4.69, 9.17) is 0 Å². The molecule has 0 spiro atoms. The van der Waals surface area contributed by atoms with Crippen molar-refractivity contribution in [1.29, 1.82) is 0 Å². The highest BCUT2D eigenvalue weighted by Crippen LogP contribution is 2.25. The maximum atomic E-state index is 12.0. The molecule has 1 N–H and O–H groups in total. The average molecular weight is 399 g/mol. The Balaban J connectivity index is 2.64. The maximum Gasteiger partial charge on any atom is 0.270 e. The molecule has 0 radical (unpaired) electrons. The summed E-state index contributed by atoms with van der Waals surface area (Å²) in [4.78, 5) is 29.6. The third kappa shape index (κ3) is 3.29. The van der Waals surface area contributed by atoms with E-state index in [2.05, 4.69) is 9.97 Å². The van der Waals surface area contributed by atoms with Crippen molar-refractivity contribution in [2.24, 2.45) is 0 Å². The lowest BCUT2D eigenvalue weighted by Crippen LogP contribution is -2.16. The van der Waals surface area contributed by atoms with Crippen LogP contribution in [0.3, 0.4) is 0 Å². The number of nitrogens with zero attached hydrogens (tertiary/aromatic N) is 2. The van der Waals surface area contributed by atoms with Gasteiger partial charge in [-0.15, -0.1) is 0 Å². The fraction of sp³-hybridized carbons (Fsp3) is 0.286. The van der Waals surface area contributed by atoms with Crippen molar-refractivity contribution < 1.29 is 4.92 Å². The van der Waals surface area contributed by atoms with Crippen molar-refractivity contribution >= 4 is 28.3 Å². The van der Waals surface area contributed by atoms with Crippen LogP contribution in [0, 0.1) is 20.6 Å². The smallest absolute Gasteiger partial charge is 0.270 e. The lowest BCUT2D eigenvalue weighted by molar-refractivity contribution is -0.384. The fourth-order valence-electron chi connectivity index (χ4n) is 2.01. The number of rotatable bonds is 4. The average Bonchev–Trinajstić information content (AvgIpc) is 2.44. The highest BCUT2D eigenvalue weighted by atomic mass is 127. The minimum atomic E-state index is -0.458. The first-order chi connectivity index (χ1) is 9.93. The SMILES string of the molecule is CCCc1nc(-c2cc([N+](=O)[O-])ccc2C)[nH]c(=O)c1I. The lowest BCUT2D eigenvalue weighted by Gasteiger charge is -2.08. The summed E-state index contributed by atoms with van der Waals surface area (Å²) in [5.74, 6) is 0.380. The van der Waals surface area contributed by atoms with E-state index in [0.29, 0.717) is 21.4 Å². The summed E-state index contributed by atoms with van der Waals surface area (Å²) >= 11 is 1.98. The molecule has 0 aliphatic heterocycles. The molecule has 2 rings (SSSR count). The number of H-pyrrole nitrogens is 1. The van der Waals surface area contributed by atoms with Gasteiger partial charge in [-0.3, -0.25) is 14.9 Å². The Morgan fingerprint density at radius 1 is 1.43 bits per heavy atom. The van der Waals surface area contributed by atoms with Gasteiger partial charge in [0.05, 0.1) is 14.2 Å². The van der Waals surface area contributed by atoms with Gasteiger partial charge in [0.2, 0.25) is 0 Å². The number of hydrogen-bond donors (Lipinski definition) is 1. The Bertz CT molecular complexity index is 756. The Kier molecular flexibility index (Phi) is 4.71. The number of nitrogens with one attached hydrogen (secondary N) is 1. The molecule has 0 aliphatic carbocycles. The van der Waals surface area contributed by atoms with E-state index in [1.54, 1.807) is 6.07 Å². The number of non-ortho nitro benzene ring substituents is 1. The fourth-order valence-corrected chi connectivity index (χ4v) is 2.54. The Morgan fingerprint density at radius 3 is 2.76 bits per heavy atom. The Morgan fingerprint density at radius 2 is 2.14 bits per heavy atom. The van der Waals surface area contributed by atoms with Crippen LogP contribution in [0.25, 0.3) is 11.4 Å². The molecule has 6 nitrogen and oxygen atoms in total. The number of hydrogen-bond acceptors (Lipinski definition) is 4. The molecule has 0 bridgehead atoms. The molecule has 0 saturated carbocycles. The summed E-state index contributed by atoms with van der Waals surface area (Å²) < 4.78 is 0.571. The van der Waals surface area contributed by atoms with Crippen molar-refractivity contribution in [3.8, 4) is 11.4 Å². The van der Waals surface area contributed by atoms with Crippen LogP contribution in [0.5, 0.6) is 0 Å². The largest absolute Gasteiger partial charge is 0.306 e. The van der Waals surface area contributed by atoms with Crippen molar-refractivity contribution in [2.75, 3.05) is 0 Å². The van der Waals surface area contributed by atoms with E-state index in [0.717, 1.165) is 17.7 Å². The molecule has 1 aromatic carbocycles. The van der Waals surface area contributed by atoms with E-state index in [1.807, 2.05) is 36.4 Å². The lowest BCUT2D eigenvalue weighted by atomic mass is 10.1. The molecule has 0 amide bonds. The van der Waals surface area contributed by atoms with Crippen LogP contribution in [0.1, 0.15) is 24.6 Å². The molecular weight excluding hydrogens is 385 g/mol. The van der Waals surface area contributed by atoms with Gasteiger partial charge in [-0.2, -0.15) is 0 Å². The first-order valence-corrected chi connectivity index (χ1v) is 7.56. The highest BCUT2D eigenvalue weighted by molar-refractivity contribution is 14.1. The third-order valence-electron chi connectivity index (χ3n) is 3.11. The molecular formula is C14H14IN3O3. The molecule has 0 atom stereocenters. The van der Waals surface area contributed by atoms with Gasteiger partial charge in [0.15, 0.2) is 0 Å². The summed E-state index contributed by atoms with van der Waals surface area (Å²) in [5.41, 5.74) is 1.90. The number of halogens is 1. The molecule has 110 valence electrons. The number of benzene rings is 1. The first kappa shape index (κ1) is 15.6. The van der Waals surface area contributed by atoms with Gasteiger partial charge in [0.25, 0.3) is 11.2 Å². The summed E-state index contributed by atoms with van der Waals surface area (Å²) in [6.45, 7) is 3.84. The molecule has 7 heteroatoms.